The van der Waals surface area contributed by atoms with E-state index in [1.54, 1.807) is 4.68 Å². The van der Waals surface area contributed by atoms with Gasteiger partial charge in [-0.3, -0.25) is 0 Å². The largest absolute Gasteiger partial charge is 0.398 e. The van der Waals surface area contributed by atoms with Crippen LogP contribution < -0.4 is 5.73 Å². The first-order valence-corrected chi connectivity index (χ1v) is 6.60. The number of nitrogens with zero attached hydrogens (tertiary/aromatic N) is 4. The molecule has 1 fully saturated rings. The molecule has 2 aromatic rings. The molecule has 0 aliphatic heterocycles. The van der Waals surface area contributed by atoms with Crippen LogP contribution in [0.2, 0.25) is 0 Å². The zero-order chi connectivity index (χ0) is 14.3. The molecule has 3 rings (SSSR count). The van der Waals surface area contributed by atoms with Gasteiger partial charge in [0.05, 0.1) is 6.04 Å². The van der Waals surface area contributed by atoms with Gasteiger partial charge in [0.25, 0.3) is 0 Å². The molecule has 106 valence electrons. The van der Waals surface area contributed by atoms with Gasteiger partial charge in [-0.05, 0) is 42.2 Å². The highest BCUT2D eigenvalue weighted by molar-refractivity contribution is 5.71. The predicted octanol–water partition coefficient (Wildman–Crippen LogP) is 2.56. The summed E-state index contributed by atoms with van der Waals surface area (Å²) in [5.74, 6) is -1.04. The van der Waals surface area contributed by atoms with E-state index in [1.165, 1.54) is 6.42 Å². The van der Waals surface area contributed by atoms with Crippen molar-refractivity contribution in [3.05, 3.63) is 23.8 Å². The average Bonchev–Trinajstić information content (AvgIpc) is 2.80. The summed E-state index contributed by atoms with van der Waals surface area (Å²) < 4.78 is 28.2. The fourth-order valence-corrected chi connectivity index (χ4v) is 2.52. The van der Waals surface area contributed by atoms with Gasteiger partial charge in [-0.15, -0.1) is 5.10 Å². The van der Waals surface area contributed by atoms with Crippen molar-refractivity contribution >= 4 is 5.69 Å². The lowest BCUT2D eigenvalue weighted by Crippen LogP contribution is -2.24. The number of anilines is 1. The molecule has 1 heterocycles. The zero-order valence-corrected chi connectivity index (χ0v) is 11.1. The normalized spacial score (nSPS) is 16.9. The van der Waals surface area contributed by atoms with Crippen molar-refractivity contribution in [1.29, 1.82) is 0 Å². The quantitative estimate of drug-likeness (QED) is 0.877. The minimum Gasteiger partial charge on any atom is -0.398 e. The molecule has 2 N–H and O–H groups in total. The predicted molar refractivity (Wildman–Crippen MR) is 69.6 cm³/mol. The fraction of sp³-hybridized carbons (Fsp3) is 0.462. The Morgan fingerprint density at radius 1 is 1.30 bits per heavy atom. The number of benzene rings is 1. The molecule has 5 nitrogen and oxygen atoms in total. The van der Waals surface area contributed by atoms with Gasteiger partial charge in [-0.1, -0.05) is 6.42 Å². The van der Waals surface area contributed by atoms with Crippen molar-refractivity contribution in [2.45, 2.75) is 32.2 Å². The number of aromatic nitrogens is 4. The molecule has 1 aromatic carbocycles. The zero-order valence-electron chi connectivity index (χ0n) is 11.1. The van der Waals surface area contributed by atoms with E-state index in [1.807, 2.05) is 6.92 Å². The Balaban J connectivity index is 2.03. The Kier molecular flexibility index (Phi) is 3.11. The molecule has 1 aliphatic rings. The number of tetrazole rings is 1. The molecule has 1 unspecified atom stereocenters. The molecule has 20 heavy (non-hydrogen) atoms. The maximum atomic E-state index is 13.4. The summed E-state index contributed by atoms with van der Waals surface area (Å²) in [5, 5.41) is 11.5. The van der Waals surface area contributed by atoms with Gasteiger partial charge in [0.2, 0.25) is 0 Å². The van der Waals surface area contributed by atoms with Crippen molar-refractivity contribution in [1.82, 2.24) is 20.2 Å². The van der Waals surface area contributed by atoms with Crippen molar-refractivity contribution < 1.29 is 8.78 Å². The first kappa shape index (κ1) is 13.0. The first-order chi connectivity index (χ1) is 9.58. The highest BCUT2D eigenvalue weighted by Gasteiger charge is 2.28. The second-order valence-electron chi connectivity index (χ2n) is 5.23. The number of nitrogens with two attached hydrogens (primary N) is 1. The molecule has 1 aliphatic carbocycles. The van der Waals surface area contributed by atoms with Crippen LogP contribution >= 0.6 is 0 Å². The summed E-state index contributed by atoms with van der Waals surface area (Å²) in [6.45, 7) is 2.03. The van der Waals surface area contributed by atoms with Gasteiger partial charge in [0.15, 0.2) is 17.5 Å². The van der Waals surface area contributed by atoms with Crippen molar-refractivity contribution in [3.63, 3.8) is 0 Å². The molecule has 0 saturated heterocycles. The smallest absolute Gasteiger partial charge is 0.184 e. The van der Waals surface area contributed by atoms with E-state index in [0.29, 0.717) is 17.3 Å². The summed E-state index contributed by atoms with van der Waals surface area (Å²) in [6, 6.07) is 2.11. The van der Waals surface area contributed by atoms with E-state index in [4.69, 9.17) is 5.73 Å². The van der Waals surface area contributed by atoms with Crippen LogP contribution in [0, 0.1) is 17.6 Å². The summed E-state index contributed by atoms with van der Waals surface area (Å²) >= 11 is 0. The van der Waals surface area contributed by atoms with Crippen LogP contribution in [0.1, 0.15) is 32.2 Å². The first-order valence-electron chi connectivity index (χ1n) is 6.60. The minimum atomic E-state index is -0.975. The lowest BCUT2D eigenvalue weighted by atomic mass is 9.80. The molecule has 1 atom stereocenters. The number of nitrogen functional groups attached to an aromatic ring is 1. The van der Waals surface area contributed by atoms with Crippen LogP contribution in [0.25, 0.3) is 11.4 Å². The Morgan fingerprint density at radius 2 is 2.00 bits per heavy atom. The van der Waals surface area contributed by atoms with Crippen molar-refractivity contribution in [3.8, 4) is 11.4 Å². The van der Waals surface area contributed by atoms with E-state index >= 15 is 0 Å². The van der Waals surface area contributed by atoms with Crippen LogP contribution in [0.15, 0.2) is 12.1 Å². The maximum absolute atomic E-state index is 13.4. The molecular formula is C13H15F2N5. The van der Waals surface area contributed by atoms with Gasteiger partial charge in [0, 0.05) is 17.3 Å². The Bertz CT molecular complexity index is 636. The van der Waals surface area contributed by atoms with E-state index in [0.717, 1.165) is 25.0 Å². The molecule has 0 spiro atoms. The van der Waals surface area contributed by atoms with E-state index in [9.17, 15) is 8.78 Å². The third-order valence-electron chi connectivity index (χ3n) is 4.04. The van der Waals surface area contributed by atoms with Crippen LogP contribution in [-0.2, 0) is 0 Å². The van der Waals surface area contributed by atoms with Crippen LogP contribution in [0.3, 0.4) is 0 Å². The van der Waals surface area contributed by atoms with Gasteiger partial charge in [-0.25, -0.2) is 13.5 Å². The summed E-state index contributed by atoms with van der Waals surface area (Å²) in [5.41, 5.74) is 6.20. The number of hydrogen-bond acceptors (Lipinski definition) is 4. The van der Waals surface area contributed by atoms with Crippen molar-refractivity contribution in [2.24, 2.45) is 5.92 Å². The highest BCUT2D eigenvalue weighted by Crippen LogP contribution is 2.37. The Labute approximate surface area is 114 Å². The SMILES string of the molecule is CC(C1CCC1)n1nnnc1-c1cc(F)c(F)cc1N. The van der Waals surface area contributed by atoms with E-state index in [2.05, 4.69) is 15.5 Å². The molecule has 1 saturated carbocycles. The number of halogens is 2. The fourth-order valence-electron chi connectivity index (χ4n) is 2.52. The second-order valence-corrected chi connectivity index (χ2v) is 5.23. The van der Waals surface area contributed by atoms with Gasteiger partial charge in [0.1, 0.15) is 0 Å². The van der Waals surface area contributed by atoms with E-state index < -0.39 is 11.6 Å². The maximum Gasteiger partial charge on any atom is 0.184 e. The second kappa shape index (κ2) is 4.81. The van der Waals surface area contributed by atoms with Gasteiger partial charge < -0.3 is 5.73 Å². The molecule has 1 aromatic heterocycles. The lowest BCUT2D eigenvalue weighted by molar-refractivity contribution is 0.210. The highest BCUT2D eigenvalue weighted by atomic mass is 19.2. The molecule has 7 heteroatoms. The van der Waals surface area contributed by atoms with E-state index in [-0.39, 0.29) is 11.7 Å². The van der Waals surface area contributed by atoms with Crippen LogP contribution in [0.5, 0.6) is 0 Å². The Hall–Kier alpha value is -2.05. The molecule has 0 bridgehead atoms. The third-order valence-corrected chi connectivity index (χ3v) is 4.04. The molecular weight excluding hydrogens is 264 g/mol. The summed E-state index contributed by atoms with van der Waals surface area (Å²) in [7, 11) is 0. The van der Waals surface area contributed by atoms with Crippen LogP contribution in [-0.4, -0.2) is 20.2 Å². The van der Waals surface area contributed by atoms with Gasteiger partial charge >= 0.3 is 0 Å². The summed E-state index contributed by atoms with van der Waals surface area (Å²) in [6.07, 6.45) is 3.47. The molecule has 0 radical (unpaired) electrons. The number of rotatable bonds is 3. The standard InChI is InChI=1S/C13H15F2N5/c1-7(8-3-2-4-8)20-13(17-18-19-20)9-5-10(14)11(15)6-12(9)16/h5-8H,2-4,16H2,1H3. The molecule has 0 amide bonds. The van der Waals surface area contributed by atoms with Crippen LogP contribution in [0.4, 0.5) is 14.5 Å². The lowest BCUT2D eigenvalue weighted by Gasteiger charge is -2.31. The minimum absolute atomic E-state index is 0.112. The summed E-state index contributed by atoms with van der Waals surface area (Å²) in [4.78, 5) is 0. The number of hydrogen-bond donors (Lipinski definition) is 1. The average molecular weight is 279 g/mol. The third kappa shape index (κ3) is 2.03. The van der Waals surface area contributed by atoms with Crippen molar-refractivity contribution in [2.75, 3.05) is 5.73 Å². The monoisotopic (exact) mass is 279 g/mol. The van der Waals surface area contributed by atoms with Gasteiger partial charge in [-0.2, -0.15) is 0 Å². The Morgan fingerprint density at radius 3 is 2.65 bits per heavy atom. The topological polar surface area (TPSA) is 69.6 Å².